The van der Waals surface area contributed by atoms with Gasteiger partial charge in [-0.2, -0.15) is 0 Å². The van der Waals surface area contributed by atoms with Crippen LogP contribution in [-0.2, 0) is 85.6 Å². The third-order valence-corrected chi connectivity index (χ3v) is 5.71. The Kier molecular flexibility index (Phi) is 43.4. The molecule has 21 heteroatoms. The van der Waals surface area contributed by atoms with Crippen molar-refractivity contribution in [2.45, 2.75) is 134 Å². The Morgan fingerprint density at radius 1 is 0.450 bits per heavy atom. The molecule has 0 heterocycles. The fourth-order valence-electron chi connectivity index (χ4n) is 3.42. The SMILES string of the molecule is C.C.C.C.CCOC(=O)OC(C)OC(=O)/C=C/C(=O)OC.COC(=O)/C=C/C(=O)OC(C)OC(=O)OC(C)C.COC(=O)/C=C/C(=O)OC(C)OC(=O)OC1CCCCC1. The maximum atomic E-state index is 11.5. The van der Waals surface area contributed by atoms with E-state index >= 15 is 0 Å². The highest BCUT2D eigenvalue weighted by atomic mass is 16.8. The molecule has 1 rings (SSSR count). The summed E-state index contributed by atoms with van der Waals surface area (Å²) in [6.07, 6.45) is 3.61. The summed E-state index contributed by atoms with van der Waals surface area (Å²) >= 11 is 0. The average molecular weight is 871 g/mol. The maximum absolute atomic E-state index is 11.5. The summed E-state index contributed by atoms with van der Waals surface area (Å²) in [6, 6.07) is 0. The largest absolute Gasteiger partial charge is 0.511 e. The Morgan fingerprint density at radius 2 is 0.767 bits per heavy atom. The molecule has 1 aliphatic carbocycles. The van der Waals surface area contributed by atoms with Crippen molar-refractivity contribution < 1.29 is 100.0 Å². The zero-order valence-corrected chi connectivity index (χ0v) is 32.7. The van der Waals surface area contributed by atoms with Crippen LogP contribution in [0.15, 0.2) is 36.5 Å². The normalized spacial score (nSPS) is 12.9. The Morgan fingerprint density at radius 3 is 1.08 bits per heavy atom. The van der Waals surface area contributed by atoms with E-state index < -0.39 is 73.2 Å². The molecule has 21 nitrogen and oxygen atoms in total. The van der Waals surface area contributed by atoms with Crippen molar-refractivity contribution in [1.29, 1.82) is 0 Å². The minimum absolute atomic E-state index is 0. The van der Waals surface area contributed by atoms with Crippen LogP contribution in [-0.4, -0.2) is 113 Å². The Bertz CT molecular complexity index is 1360. The number of hydrogen-bond acceptors (Lipinski definition) is 21. The van der Waals surface area contributed by atoms with E-state index in [4.69, 9.17) is 14.2 Å². The van der Waals surface area contributed by atoms with Gasteiger partial charge in [-0.25, -0.2) is 43.2 Å². The molecule has 0 aromatic heterocycles. The molecule has 0 aromatic carbocycles. The molecule has 0 bridgehead atoms. The van der Waals surface area contributed by atoms with E-state index in [0.29, 0.717) is 0 Å². The van der Waals surface area contributed by atoms with Crippen molar-refractivity contribution in [3.05, 3.63) is 36.5 Å². The van der Waals surface area contributed by atoms with E-state index in [1.165, 1.54) is 42.1 Å². The van der Waals surface area contributed by atoms with Gasteiger partial charge in [0.15, 0.2) is 0 Å². The van der Waals surface area contributed by atoms with Crippen LogP contribution >= 0.6 is 0 Å². The third kappa shape index (κ3) is 40.1. The molecule has 0 aromatic rings. The van der Waals surface area contributed by atoms with E-state index in [2.05, 4.69) is 42.6 Å². The molecule has 1 fully saturated rings. The van der Waals surface area contributed by atoms with E-state index in [1.807, 2.05) is 0 Å². The first-order chi connectivity index (χ1) is 26.3. The van der Waals surface area contributed by atoms with Crippen LogP contribution in [0.4, 0.5) is 14.4 Å². The first-order valence-electron chi connectivity index (χ1n) is 16.8. The van der Waals surface area contributed by atoms with Crippen molar-refractivity contribution in [2.24, 2.45) is 0 Å². The van der Waals surface area contributed by atoms with Crippen molar-refractivity contribution >= 4 is 54.3 Å². The number of methoxy groups -OCH3 is 3. The zero-order valence-electron chi connectivity index (χ0n) is 32.7. The van der Waals surface area contributed by atoms with Crippen LogP contribution in [0.25, 0.3) is 0 Å². The monoisotopic (exact) mass is 870 g/mol. The van der Waals surface area contributed by atoms with Gasteiger partial charge >= 0.3 is 54.3 Å². The number of esters is 6. The van der Waals surface area contributed by atoms with Crippen LogP contribution in [0.3, 0.4) is 0 Å². The first-order valence-corrected chi connectivity index (χ1v) is 16.8. The highest BCUT2D eigenvalue weighted by molar-refractivity contribution is 5.92. The van der Waals surface area contributed by atoms with Gasteiger partial charge in [-0.15, -0.1) is 0 Å². The zero-order chi connectivity index (χ0) is 43.1. The molecule has 60 heavy (non-hydrogen) atoms. The lowest BCUT2D eigenvalue weighted by atomic mass is 9.98. The van der Waals surface area contributed by atoms with Gasteiger partial charge in [0, 0.05) is 57.2 Å². The number of carbonyl (C=O) groups excluding carboxylic acids is 9. The highest BCUT2D eigenvalue weighted by Crippen LogP contribution is 2.21. The van der Waals surface area contributed by atoms with Crippen LogP contribution in [0.5, 0.6) is 0 Å². The number of rotatable bonds is 15. The molecule has 0 radical (unpaired) electrons. The molecule has 0 aliphatic heterocycles. The maximum Gasteiger partial charge on any atom is 0.511 e. The van der Waals surface area contributed by atoms with Gasteiger partial charge in [-0.3, -0.25) is 0 Å². The van der Waals surface area contributed by atoms with E-state index in [9.17, 15) is 43.2 Å². The molecule has 0 saturated heterocycles. The van der Waals surface area contributed by atoms with Crippen molar-refractivity contribution in [3.63, 3.8) is 0 Å². The number of carbonyl (C=O) groups is 9. The van der Waals surface area contributed by atoms with Crippen LogP contribution in [0.2, 0.25) is 0 Å². The lowest BCUT2D eigenvalue weighted by Crippen LogP contribution is -2.26. The lowest BCUT2D eigenvalue weighted by Gasteiger charge is -2.22. The van der Waals surface area contributed by atoms with Gasteiger partial charge in [0.2, 0.25) is 18.9 Å². The smallest absolute Gasteiger partial charge is 0.466 e. The minimum atomic E-state index is -1.12. The molecule has 3 atom stereocenters. The number of ether oxygens (including phenoxy) is 12. The van der Waals surface area contributed by atoms with Crippen LogP contribution in [0.1, 0.15) is 103 Å². The van der Waals surface area contributed by atoms with Gasteiger partial charge in [-0.05, 0) is 46.5 Å². The second kappa shape index (κ2) is 39.7. The van der Waals surface area contributed by atoms with Gasteiger partial charge in [0.05, 0.1) is 34.0 Å². The summed E-state index contributed by atoms with van der Waals surface area (Å²) in [7, 11) is 3.53. The summed E-state index contributed by atoms with van der Waals surface area (Å²) < 4.78 is 55.1. The number of hydrogen-bond donors (Lipinski definition) is 0. The van der Waals surface area contributed by atoms with Gasteiger partial charge in [0.25, 0.3) is 0 Å². The van der Waals surface area contributed by atoms with Crippen LogP contribution < -0.4 is 0 Å². The summed E-state index contributed by atoms with van der Waals surface area (Å²) in [4.78, 5) is 98.9. The molecule has 0 N–H and O–H groups in total. The summed E-state index contributed by atoms with van der Waals surface area (Å²) in [5.41, 5.74) is 0. The molecule has 0 spiro atoms. The lowest BCUT2D eigenvalue weighted by molar-refractivity contribution is -0.164. The van der Waals surface area contributed by atoms with Crippen molar-refractivity contribution in [1.82, 2.24) is 0 Å². The fraction of sp³-hybridized carbons (Fsp3) is 0.615. The van der Waals surface area contributed by atoms with Gasteiger partial charge in [0.1, 0.15) is 6.10 Å². The Balaban J connectivity index is -0.000000178. The fourth-order valence-corrected chi connectivity index (χ4v) is 3.42. The first kappa shape index (κ1) is 65.7. The predicted octanol–water partition coefficient (Wildman–Crippen LogP) is 6.58. The topological polar surface area (TPSA) is 264 Å². The van der Waals surface area contributed by atoms with E-state index in [-0.39, 0.29) is 48.5 Å². The quantitative estimate of drug-likeness (QED) is 0.0728. The van der Waals surface area contributed by atoms with Gasteiger partial charge < -0.3 is 56.8 Å². The molecular formula is C39H66O21. The second-order valence-electron chi connectivity index (χ2n) is 10.7. The molecule has 1 aliphatic rings. The molecule has 0 amide bonds. The molecule has 348 valence electrons. The van der Waals surface area contributed by atoms with E-state index in [0.717, 1.165) is 68.6 Å². The van der Waals surface area contributed by atoms with E-state index in [1.54, 1.807) is 20.8 Å². The molecule has 3 unspecified atom stereocenters. The predicted molar refractivity (Wildman–Crippen MR) is 212 cm³/mol. The average Bonchev–Trinajstić information content (AvgIpc) is 3.12. The Labute approximate surface area is 352 Å². The van der Waals surface area contributed by atoms with Crippen molar-refractivity contribution in [3.8, 4) is 0 Å². The van der Waals surface area contributed by atoms with Crippen LogP contribution in [0, 0.1) is 0 Å². The summed E-state index contributed by atoms with van der Waals surface area (Å²) in [6.45, 7) is 9.12. The van der Waals surface area contributed by atoms with Gasteiger partial charge in [-0.1, -0.05) is 36.1 Å². The summed E-state index contributed by atoms with van der Waals surface area (Å²) in [5, 5.41) is 0. The molecular weight excluding hydrogens is 804 g/mol. The second-order valence-corrected chi connectivity index (χ2v) is 10.7. The molecule has 1 saturated carbocycles. The highest BCUT2D eigenvalue weighted by Gasteiger charge is 2.21. The third-order valence-electron chi connectivity index (χ3n) is 5.71. The minimum Gasteiger partial charge on any atom is -0.466 e. The summed E-state index contributed by atoms with van der Waals surface area (Å²) in [5.74, 6) is -4.58. The van der Waals surface area contributed by atoms with Crippen molar-refractivity contribution in [2.75, 3.05) is 27.9 Å². The standard InChI is InChI=1S/C14H20O7.C11H16O7.C10H14O7.4CH4/c1-10(19-13(16)9-8-12(15)18-2)20-14(17)21-11-6-4-3-5-7-11;1-7(2)16-11(14)18-8(3)17-10(13)6-5-9(12)15-4;1-4-15-10(13)17-7(2)16-9(12)6-5-8(11)14-3;;;;/h8-11H,3-7H2,1-2H3;5-8H,1-4H3;5-7H,4H2,1-3H3;4*1H4/b9-8+;2*6-5+;;;;. The Hall–Kier alpha value is -6.15.